The van der Waals surface area contributed by atoms with E-state index in [2.05, 4.69) is 15.3 Å². The van der Waals surface area contributed by atoms with Crippen LogP contribution in [0.1, 0.15) is 12.2 Å². The highest BCUT2D eigenvalue weighted by Crippen LogP contribution is 2.30. The molecule has 0 unspecified atom stereocenters. The lowest BCUT2D eigenvalue weighted by atomic mass is 10.2. The predicted octanol–water partition coefficient (Wildman–Crippen LogP) is 6.54. The summed E-state index contributed by atoms with van der Waals surface area (Å²) >= 11 is 1.34. The van der Waals surface area contributed by atoms with Crippen LogP contribution in [0.15, 0.2) is 78.2 Å². The first-order valence-corrected chi connectivity index (χ1v) is 11.2. The van der Waals surface area contributed by atoms with Gasteiger partial charge in [-0.2, -0.15) is 8.78 Å². The van der Waals surface area contributed by atoms with Crippen LogP contribution in [-0.4, -0.2) is 20.4 Å². The van der Waals surface area contributed by atoms with E-state index in [1.807, 2.05) is 0 Å². The summed E-state index contributed by atoms with van der Waals surface area (Å²) in [7, 11) is 0. The van der Waals surface area contributed by atoms with Crippen molar-refractivity contribution in [3.63, 3.8) is 0 Å². The summed E-state index contributed by atoms with van der Waals surface area (Å²) in [5.41, 5.74) is 3.09. The van der Waals surface area contributed by atoms with Crippen LogP contribution in [0.25, 0.3) is 33.0 Å². The third kappa shape index (κ3) is 4.42. The van der Waals surface area contributed by atoms with Gasteiger partial charge in [-0.05, 0) is 48.5 Å². The number of fused-ring (bicyclic) bond motifs is 1. The number of thiazole rings is 1. The first kappa shape index (κ1) is 21.8. The van der Waals surface area contributed by atoms with Crippen molar-refractivity contribution in [1.29, 1.82) is 0 Å². The molecular weight excluding hydrogens is 461 g/mol. The maximum Gasteiger partial charge on any atom is 0.320 e. The number of imidazole rings is 1. The third-order valence-electron chi connectivity index (χ3n) is 5.18. The van der Waals surface area contributed by atoms with Crippen LogP contribution in [0, 0.1) is 5.82 Å². The number of carbonyl (C=O) groups is 1. The number of amides is 1. The SMILES string of the molecule is O=C(Cc1csc(-c2cccc(F)c2)n1)Nc1ccc(-c2nc3ccccc3n2C(F)F)cc1. The zero-order chi connectivity index (χ0) is 23.7. The van der Waals surface area contributed by atoms with Gasteiger partial charge in [0.1, 0.15) is 16.6 Å². The Bertz CT molecular complexity index is 1480. The van der Waals surface area contributed by atoms with Gasteiger partial charge >= 0.3 is 6.55 Å². The van der Waals surface area contributed by atoms with E-state index in [9.17, 15) is 18.0 Å². The van der Waals surface area contributed by atoms with Crippen molar-refractivity contribution >= 4 is 34.0 Å². The molecule has 5 rings (SSSR count). The zero-order valence-electron chi connectivity index (χ0n) is 17.6. The molecule has 1 N–H and O–H groups in total. The van der Waals surface area contributed by atoms with E-state index in [0.29, 0.717) is 38.5 Å². The normalized spacial score (nSPS) is 11.3. The topological polar surface area (TPSA) is 59.8 Å². The first-order chi connectivity index (χ1) is 16.5. The highest BCUT2D eigenvalue weighted by molar-refractivity contribution is 7.13. The summed E-state index contributed by atoms with van der Waals surface area (Å²) in [5, 5.41) is 5.18. The van der Waals surface area contributed by atoms with Crippen LogP contribution in [0.4, 0.5) is 18.9 Å². The molecule has 0 bridgehead atoms. The van der Waals surface area contributed by atoms with Gasteiger partial charge in [0, 0.05) is 22.2 Å². The largest absolute Gasteiger partial charge is 0.326 e. The van der Waals surface area contributed by atoms with Gasteiger partial charge < -0.3 is 5.32 Å². The van der Waals surface area contributed by atoms with Crippen LogP contribution < -0.4 is 5.32 Å². The van der Waals surface area contributed by atoms with E-state index in [-0.39, 0.29) is 24.0 Å². The lowest BCUT2D eigenvalue weighted by Gasteiger charge is -2.09. The van der Waals surface area contributed by atoms with Gasteiger partial charge in [0.2, 0.25) is 5.91 Å². The molecular formula is C25H17F3N4OS. The van der Waals surface area contributed by atoms with Crippen LogP contribution >= 0.6 is 11.3 Å². The fraction of sp³-hybridized carbons (Fsp3) is 0.0800. The van der Waals surface area contributed by atoms with E-state index < -0.39 is 6.55 Å². The maximum absolute atomic E-state index is 13.7. The lowest BCUT2D eigenvalue weighted by Crippen LogP contribution is -2.14. The maximum atomic E-state index is 13.7. The average Bonchev–Trinajstić information content (AvgIpc) is 3.44. The molecule has 2 aromatic heterocycles. The average molecular weight is 478 g/mol. The van der Waals surface area contributed by atoms with Crippen molar-refractivity contribution in [2.45, 2.75) is 13.0 Å². The number of hydrogen-bond acceptors (Lipinski definition) is 4. The molecule has 2 heterocycles. The number of anilines is 1. The van der Waals surface area contributed by atoms with Crippen molar-refractivity contribution in [2.75, 3.05) is 5.32 Å². The highest BCUT2D eigenvalue weighted by Gasteiger charge is 2.19. The Morgan fingerprint density at radius 3 is 2.53 bits per heavy atom. The number of nitrogens with zero attached hydrogens (tertiary/aromatic N) is 3. The van der Waals surface area contributed by atoms with Crippen molar-refractivity contribution < 1.29 is 18.0 Å². The van der Waals surface area contributed by atoms with Gasteiger partial charge in [-0.1, -0.05) is 24.3 Å². The molecule has 0 fully saturated rings. The summed E-state index contributed by atoms with van der Waals surface area (Å²) in [5.74, 6) is -0.468. The van der Waals surface area contributed by atoms with Gasteiger partial charge in [0.25, 0.3) is 0 Å². The van der Waals surface area contributed by atoms with E-state index in [1.54, 1.807) is 66.0 Å². The molecule has 34 heavy (non-hydrogen) atoms. The minimum atomic E-state index is -2.74. The summed E-state index contributed by atoms with van der Waals surface area (Å²) in [6.07, 6.45) is 0.0503. The Morgan fingerprint density at radius 1 is 0.971 bits per heavy atom. The Hall–Kier alpha value is -3.98. The quantitative estimate of drug-likeness (QED) is 0.301. The molecule has 0 aliphatic rings. The van der Waals surface area contributed by atoms with Crippen LogP contribution in [0.2, 0.25) is 0 Å². The molecule has 9 heteroatoms. The zero-order valence-corrected chi connectivity index (χ0v) is 18.4. The number of aromatic nitrogens is 3. The molecule has 0 radical (unpaired) electrons. The number of rotatable bonds is 6. The van der Waals surface area contributed by atoms with Crippen molar-refractivity contribution in [1.82, 2.24) is 14.5 Å². The van der Waals surface area contributed by atoms with Crippen LogP contribution in [-0.2, 0) is 11.2 Å². The Kier molecular flexibility index (Phi) is 5.85. The monoisotopic (exact) mass is 478 g/mol. The second kappa shape index (κ2) is 9.11. The number of benzene rings is 3. The summed E-state index contributed by atoms with van der Waals surface area (Å²) in [6, 6.07) is 19.4. The summed E-state index contributed by atoms with van der Waals surface area (Å²) in [6.45, 7) is -2.74. The molecule has 1 amide bonds. The van der Waals surface area contributed by atoms with Crippen LogP contribution in [0.5, 0.6) is 0 Å². The lowest BCUT2D eigenvalue weighted by molar-refractivity contribution is -0.115. The van der Waals surface area contributed by atoms with Crippen molar-refractivity contribution in [2.24, 2.45) is 0 Å². The minimum Gasteiger partial charge on any atom is -0.326 e. The summed E-state index contributed by atoms with van der Waals surface area (Å²) in [4.78, 5) is 21.2. The predicted molar refractivity (Wildman–Crippen MR) is 126 cm³/mol. The van der Waals surface area contributed by atoms with E-state index >= 15 is 0 Å². The molecule has 170 valence electrons. The van der Waals surface area contributed by atoms with Gasteiger partial charge in [-0.25, -0.2) is 14.4 Å². The smallest absolute Gasteiger partial charge is 0.320 e. The fourth-order valence-electron chi connectivity index (χ4n) is 3.66. The second-order valence-electron chi connectivity index (χ2n) is 7.53. The summed E-state index contributed by atoms with van der Waals surface area (Å²) < 4.78 is 41.7. The minimum absolute atomic E-state index is 0.0503. The van der Waals surface area contributed by atoms with Crippen molar-refractivity contribution in [3.05, 3.63) is 89.7 Å². The number of alkyl halides is 2. The fourth-order valence-corrected chi connectivity index (χ4v) is 4.48. The van der Waals surface area contributed by atoms with Crippen molar-refractivity contribution in [3.8, 4) is 22.0 Å². The molecule has 3 aromatic carbocycles. The van der Waals surface area contributed by atoms with E-state index in [4.69, 9.17) is 0 Å². The molecule has 0 atom stereocenters. The molecule has 0 saturated heterocycles. The number of para-hydroxylation sites is 2. The van der Waals surface area contributed by atoms with Gasteiger partial charge in [0.05, 0.1) is 23.1 Å². The Morgan fingerprint density at radius 2 is 1.76 bits per heavy atom. The Balaban J connectivity index is 1.29. The highest BCUT2D eigenvalue weighted by atomic mass is 32.1. The number of carbonyl (C=O) groups excluding carboxylic acids is 1. The molecule has 5 aromatic rings. The number of nitrogens with one attached hydrogen (secondary N) is 1. The second-order valence-corrected chi connectivity index (χ2v) is 8.39. The van der Waals surface area contributed by atoms with Crippen LogP contribution in [0.3, 0.4) is 0 Å². The Labute approximate surface area is 196 Å². The molecule has 5 nitrogen and oxygen atoms in total. The van der Waals surface area contributed by atoms with Gasteiger partial charge in [-0.3, -0.25) is 9.36 Å². The van der Waals surface area contributed by atoms with E-state index in [0.717, 1.165) is 4.57 Å². The molecule has 0 aliphatic carbocycles. The number of halogens is 3. The molecule has 0 spiro atoms. The third-order valence-corrected chi connectivity index (χ3v) is 6.12. The van der Waals surface area contributed by atoms with Gasteiger partial charge in [0.15, 0.2) is 0 Å². The number of hydrogen-bond donors (Lipinski definition) is 1. The standard InChI is InChI=1S/C25H17F3N4OS/c26-17-5-3-4-16(12-17)24-30-19(14-34-24)13-22(33)29-18-10-8-15(9-11-18)23-31-20-6-1-2-7-21(20)32(23)25(27)28/h1-12,14,25H,13H2,(H,29,33). The molecule has 0 saturated carbocycles. The molecule has 0 aliphatic heterocycles. The van der Waals surface area contributed by atoms with Gasteiger partial charge in [-0.15, -0.1) is 11.3 Å². The first-order valence-electron chi connectivity index (χ1n) is 10.3. The van der Waals surface area contributed by atoms with E-state index in [1.165, 1.54) is 23.5 Å².